The third-order valence-electron chi connectivity index (χ3n) is 1.65. The fourth-order valence-electron chi connectivity index (χ4n) is 0.988. The highest BCUT2D eigenvalue weighted by Gasteiger charge is 1.77. The number of pyridine rings is 1. The Morgan fingerprint density at radius 3 is 1.87 bits per heavy atom. The van der Waals surface area contributed by atoms with Gasteiger partial charge in [0.2, 0.25) is 0 Å². The standard InChI is InChI=1S/C8H9N.C5H5N/c9-7-6-8-4-2-1-3-5-8;1-2-4-6-5-3-1/h1-7H,9H2;1-5H. The highest BCUT2D eigenvalue weighted by atomic mass is 14.6. The Hall–Kier alpha value is -2.09. The van der Waals surface area contributed by atoms with Gasteiger partial charge in [-0.15, -0.1) is 0 Å². The Morgan fingerprint density at radius 1 is 0.867 bits per heavy atom. The van der Waals surface area contributed by atoms with E-state index in [0.717, 1.165) is 5.56 Å². The lowest BCUT2D eigenvalue weighted by Crippen LogP contribution is -1.75. The van der Waals surface area contributed by atoms with E-state index in [1.165, 1.54) is 6.20 Å². The van der Waals surface area contributed by atoms with Crippen LogP contribution in [0.5, 0.6) is 0 Å². The average molecular weight is 198 g/mol. The van der Waals surface area contributed by atoms with Gasteiger partial charge in [0.15, 0.2) is 0 Å². The summed E-state index contributed by atoms with van der Waals surface area (Å²) in [7, 11) is 0. The molecule has 2 heteroatoms. The third-order valence-corrected chi connectivity index (χ3v) is 1.65. The Bertz CT molecular complexity index is 342. The monoisotopic (exact) mass is 198 g/mol. The molecule has 0 bridgehead atoms. The second kappa shape index (κ2) is 7.33. The molecule has 2 rings (SSSR count). The van der Waals surface area contributed by atoms with Crippen molar-refractivity contribution in [3.8, 4) is 0 Å². The molecule has 0 fully saturated rings. The number of rotatable bonds is 1. The zero-order chi connectivity index (χ0) is 10.8. The van der Waals surface area contributed by atoms with E-state index < -0.39 is 0 Å². The third kappa shape index (κ3) is 5.26. The van der Waals surface area contributed by atoms with Gasteiger partial charge in [-0.1, -0.05) is 36.4 Å². The molecule has 1 aromatic heterocycles. The SMILES string of the molecule is NC=Cc1ccccc1.c1ccncc1. The Kier molecular flexibility index (Phi) is 5.37. The molecular formula is C13H14N2. The summed E-state index contributed by atoms with van der Waals surface area (Å²) in [5.41, 5.74) is 6.32. The molecule has 2 aromatic rings. The van der Waals surface area contributed by atoms with Gasteiger partial charge < -0.3 is 5.73 Å². The van der Waals surface area contributed by atoms with Crippen LogP contribution in [0.25, 0.3) is 6.08 Å². The van der Waals surface area contributed by atoms with E-state index in [1.54, 1.807) is 12.4 Å². The Morgan fingerprint density at radius 2 is 1.47 bits per heavy atom. The number of nitrogens with two attached hydrogens (primary N) is 1. The van der Waals surface area contributed by atoms with Gasteiger partial charge in [0.1, 0.15) is 0 Å². The lowest BCUT2D eigenvalue weighted by Gasteiger charge is -1.86. The molecule has 0 unspecified atom stereocenters. The molecule has 15 heavy (non-hydrogen) atoms. The van der Waals surface area contributed by atoms with Gasteiger partial charge in [-0.25, -0.2) is 0 Å². The normalized spacial score (nSPS) is 9.33. The Labute approximate surface area is 90.1 Å². The molecule has 0 aliphatic rings. The minimum absolute atomic E-state index is 1.14. The zero-order valence-corrected chi connectivity index (χ0v) is 8.45. The number of nitrogens with zero attached hydrogens (tertiary/aromatic N) is 1. The predicted molar refractivity (Wildman–Crippen MR) is 63.9 cm³/mol. The van der Waals surface area contributed by atoms with Crippen molar-refractivity contribution < 1.29 is 0 Å². The first-order chi connectivity index (χ1) is 7.43. The maximum atomic E-state index is 5.18. The minimum Gasteiger partial charge on any atom is -0.405 e. The van der Waals surface area contributed by atoms with E-state index >= 15 is 0 Å². The minimum atomic E-state index is 1.14. The summed E-state index contributed by atoms with van der Waals surface area (Å²) < 4.78 is 0. The Balaban J connectivity index is 0.000000162. The van der Waals surface area contributed by atoms with E-state index in [4.69, 9.17) is 5.73 Å². The molecule has 0 spiro atoms. The van der Waals surface area contributed by atoms with Crippen molar-refractivity contribution in [3.63, 3.8) is 0 Å². The predicted octanol–water partition coefficient (Wildman–Crippen LogP) is 2.70. The van der Waals surface area contributed by atoms with Crippen molar-refractivity contribution in [3.05, 3.63) is 72.7 Å². The van der Waals surface area contributed by atoms with Crippen LogP contribution in [0.15, 0.2) is 67.1 Å². The lowest BCUT2D eigenvalue weighted by molar-refractivity contribution is 1.33. The molecule has 1 heterocycles. The molecular weight excluding hydrogens is 184 g/mol. The van der Waals surface area contributed by atoms with Crippen molar-refractivity contribution >= 4 is 6.08 Å². The van der Waals surface area contributed by atoms with Gasteiger partial charge in [0.25, 0.3) is 0 Å². The first kappa shape index (κ1) is 11.0. The number of benzene rings is 1. The molecule has 0 radical (unpaired) electrons. The molecule has 2 N–H and O–H groups in total. The maximum absolute atomic E-state index is 5.18. The fourth-order valence-corrected chi connectivity index (χ4v) is 0.988. The van der Waals surface area contributed by atoms with Crippen LogP contribution in [-0.2, 0) is 0 Å². The first-order valence-electron chi connectivity index (χ1n) is 4.72. The van der Waals surface area contributed by atoms with Crippen LogP contribution in [0.2, 0.25) is 0 Å². The number of aromatic nitrogens is 1. The van der Waals surface area contributed by atoms with Crippen molar-refractivity contribution in [1.82, 2.24) is 4.98 Å². The van der Waals surface area contributed by atoms with Crippen molar-refractivity contribution in [2.75, 3.05) is 0 Å². The second-order valence-electron chi connectivity index (χ2n) is 2.79. The van der Waals surface area contributed by atoms with Crippen LogP contribution in [-0.4, -0.2) is 4.98 Å². The van der Waals surface area contributed by atoms with E-state index in [0.29, 0.717) is 0 Å². The van der Waals surface area contributed by atoms with Crippen molar-refractivity contribution in [1.29, 1.82) is 0 Å². The van der Waals surface area contributed by atoms with Crippen molar-refractivity contribution in [2.45, 2.75) is 0 Å². The molecule has 2 nitrogen and oxygen atoms in total. The van der Waals surface area contributed by atoms with Crippen molar-refractivity contribution in [2.24, 2.45) is 5.73 Å². The number of hydrogen-bond acceptors (Lipinski definition) is 2. The van der Waals surface area contributed by atoms with E-state index in [9.17, 15) is 0 Å². The van der Waals surface area contributed by atoms with Gasteiger partial charge in [-0.3, -0.25) is 4.98 Å². The maximum Gasteiger partial charge on any atom is 0.0267 e. The molecule has 76 valence electrons. The summed E-state index contributed by atoms with van der Waals surface area (Å²) in [6.07, 6.45) is 6.90. The lowest BCUT2D eigenvalue weighted by atomic mass is 10.2. The summed E-state index contributed by atoms with van der Waals surface area (Å²) in [5.74, 6) is 0. The average Bonchev–Trinajstić information content (AvgIpc) is 2.34. The van der Waals surface area contributed by atoms with Crippen LogP contribution < -0.4 is 5.73 Å². The summed E-state index contributed by atoms with van der Waals surface area (Å²) in [4.78, 5) is 3.78. The van der Waals surface area contributed by atoms with Gasteiger partial charge in [0, 0.05) is 12.4 Å². The molecule has 0 atom stereocenters. The number of hydrogen-bond donors (Lipinski definition) is 1. The zero-order valence-electron chi connectivity index (χ0n) is 8.45. The smallest absolute Gasteiger partial charge is 0.0267 e. The molecule has 0 saturated heterocycles. The highest BCUT2D eigenvalue weighted by molar-refractivity contribution is 5.47. The van der Waals surface area contributed by atoms with E-state index in [-0.39, 0.29) is 0 Å². The molecule has 1 aromatic carbocycles. The summed E-state index contributed by atoms with van der Waals surface area (Å²) in [5, 5.41) is 0. The van der Waals surface area contributed by atoms with E-state index in [1.807, 2.05) is 54.6 Å². The quantitative estimate of drug-likeness (QED) is 0.765. The van der Waals surface area contributed by atoms with Crippen LogP contribution >= 0.6 is 0 Å². The van der Waals surface area contributed by atoms with Crippen LogP contribution in [0.4, 0.5) is 0 Å². The first-order valence-corrected chi connectivity index (χ1v) is 4.72. The summed E-state index contributed by atoms with van der Waals surface area (Å²) in [6, 6.07) is 15.7. The summed E-state index contributed by atoms with van der Waals surface area (Å²) >= 11 is 0. The topological polar surface area (TPSA) is 38.9 Å². The second-order valence-corrected chi connectivity index (χ2v) is 2.79. The molecule has 0 saturated carbocycles. The largest absolute Gasteiger partial charge is 0.405 e. The van der Waals surface area contributed by atoms with Gasteiger partial charge in [-0.05, 0) is 30.0 Å². The summed E-state index contributed by atoms with van der Waals surface area (Å²) in [6.45, 7) is 0. The van der Waals surface area contributed by atoms with Crippen LogP contribution in [0.1, 0.15) is 5.56 Å². The van der Waals surface area contributed by atoms with E-state index in [2.05, 4.69) is 4.98 Å². The molecule has 0 aliphatic carbocycles. The van der Waals surface area contributed by atoms with Gasteiger partial charge >= 0.3 is 0 Å². The molecule has 0 amide bonds. The fraction of sp³-hybridized carbons (Fsp3) is 0. The van der Waals surface area contributed by atoms with Gasteiger partial charge in [0.05, 0.1) is 0 Å². The van der Waals surface area contributed by atoms with Crippen LogP contribution in [0.3, 0.4) is 0 Å². The molecule has 0 aliphatic heterocycles. The van der Waals surface area contributed by atoms with Crippen LogP contribution in [0, 0.1) is 0 Å². The van der Waals surface area contributed by atoms with Gasteiger partial charge in [-0.2, -0.15) is 0 Å². The highest BCUT2D eigenvalue weighted by Crippen LogP contribution is 1.98.